The maximum atomic E-state index is 11.8. The molecule has 0 spiro atoms. The fraction of sp³-hybridized carbons (Fsp3) is 0.429. The average molecular weight is 300 g/mol. The summed E-state index contributed by atoms with van der Waals surface area (Å²) in [5.74, 6) is -0.545. The molecule has 4 N–H and O–H groups in total. The van der Waals surface area contributed by atoms with Gasteiger partial charge in [0, 0.05) is 30.3 Å². The van der Waals surface area contributed by atoms with Gasteiger partial charge in [-0.2, -0.15) is 0 Å². The van der Waals surface area contributed by atoms with E-state index in [1.807, 2.05) is 19.9 Å². The minimum Gasteiger partial charge on any atom is -0.352 e. The Kier molecular flexibility index (Phi) is 7.87. The molecular formula is C14H22ClN3O2. The number of carbonyl (C=O) groups excluding carboxylic acids is 2. The highest BCUT2D eigenvalue weighted by molar-refractivity contribution is 5.98. The van der Waals surface area contributed by atoms with Crippen molar-refractivity contribution in [2.45, 2.75) is 20.8 Å². The average Bonchev–Trinajstić information content (AvgIpc) is 2.40. The molecule has 0 aliphatic heterocycles. The number of rotatable bonds is 5. The molecule has 1 aromatic carbocycles. The second-order valence-electron chi connectivity index (χ2n) is 4.52. The van der Waals surface area contributed by atoms with E-state index in [1.165, 1.54) is 0 Å². The van der Waals surface area contributed by atoms with Gasteiger partial charge in [-0.25, -0.2) is 0 Å². The fourth-order valence-corrected chi connectivity index (χ4v) is 1.52. The Morgan fingerprint density at radius 1 is 1.35 bits per heavy atom. The number of nitrogens with two attached hydrogens (primary N) is 1. The lowest BCUT2D eigenvalue weighted by molar-refractivity contribution is -0.119. The van der Waals surface area contributed by atoms with Crippen molar-refractivity contribution < 1.29 is 9.59 Å². The Hall–Kier alpha value is -1.59. The van der Waals surface area contributed by atoms with E-state index in [-0.39, 0.29) is 30.1 Å². The van der Waals surface area contributed by atoms with E-state index in [2.05, 4.69) is 10.6 Å². The standard InChI is InChI=1S/C14H21N3O2.ClH/c1-4-16-14(19)11-6-5-9(2)12(7-11)17-13(18)10(3)8-15;/h5-7,10H,4,8,15H2,1-3H3,(H,16,19)(H,17,18);1H. The number of halogens is 1. The summed E-state index contributed by atoms with van der Waals surface area (Å²) in [4.78, 5) is 23.6. The lowest BCUT2D eigenvalue weighted by Gasteiger charge is -2.13. The minimum atomic E-state index is -0.257. The second kappa shape index (κ2) is 8.55. The van der Waals surface area contributed by atoms with Crippen molar-refractivity contribution in [3.8, 4) is 0 Å². The third kappa shape index (κ3) is 4.83. The van der Waals surface area contributed by atoms with Crippen LogP contribution in [0.5, 0.6) is 0 Å². The van der Waals surface area contributed by atoms with Crippen molar-refractivity contribution in [3.63, 3.8) is 0 Å². The van der Waals surface area contributed by atoms with E-state index >= 15 is 0 Å². The largest absolute Gasteiger partial charge is 0.352 e. The first-order valence-electron chi connectivity index (χ1n) is 6.39. The van der Waals surface area contributed by atoms with Crippen LogP contribution in [0.2, 0.25) is 0 Å². The van der Waals surface area contributed by atoms with Gasteiger partial charge in [-0.1, -0.05) is 13.0 Å². The minimum absolute atomic E-state index is 0. The van der Waals surface area contributed by atoms with Crippen LogP contribution in [-0.2, 0) is 4.79 Å². The van der Waals surface area contributed by atoms with Gasteiger partial charge in [0.25, 0.3) is 5.91 Å². The summed E-state index contributed by atoms with van der Waals surface area (Å²) < 4.78 is 0. The lowest BCUT2D eigenvalue weighted by Crippen LogP contribution is -2.27. The predicted octanol–water partition coefficient (Wildman–Crippen LogP) is 1.70. The molecule has 0 fully saturated rings. The first-order valence-corrected chi connectivity index (χ1v) is 6.39. The number of carbonyl (C=O) groups is 2. The molecule has 0 heterocycles. The molecule has 2 amide bonds. The van der Waals surface area contributed by atoms with Gasteiger partial charge in [-0.3, -0.25) is 9.59 Å². The molecule has 6 heteroatoms. The van der Waals surface area contributed by atoms with Crippen LogP contribution < -0.4 is 16.4 Å². The van der Waals surface area contributed by atoms with E-state index in [0.717, 1.165) is 5.56 Å². The summed E-state index contributed by atoms with van der Waals surface area (Å²) in [5.41, 5.74) is 7.54. The molecule has 5 nitrogen and oxygen atoms in total. The number of aryl methyl sites for hydroxylation is 1. The van der Waals surface area contributed by atoms with Crippen LogP contribution in [0.25, 0.3) is 0 Å². The Morgan fingerprint density at radius 2 is 2.00 bits per heavy atom. The van der Waals surface area contributed by atoms with Crippen LogP contribution in [0.1, 0.15) is 29.8 Å². The van der Waals surface area contributed by atoms with Crippen LogP contribution in [-0.4, -0.2) is 24.9 Å². The molecule has 0 saturated heterocycles. The lowest BCUT2D eigenvalue weighted by atomic mass is 10.1. The summed E-state index contributed by atoms with van der Waals surface area (Å²) in [6.45, 7) is 6.36. The van der Waals surface area contributed by atoms with E-state index in [4.69, 9.17) is 5.73 Å². The molecule has 0 aliphatic rings. The number of hydrogen-bond acceptors (Lipinski definition) is 3. The van der Waals surface area contributed by atoms with Gasteiger partial charge in [0.2, 0.25) is 5.91 Å². The molecule has 0 bridgehead atoms. The molecular weight excluding hydrogens is 278 g/mol. The van der Waals surface area contributed by atoms with Crippen LogP contribution in [0, 0.1) is 12.8 Å². The van der Waals surface area contributed by atoms with Crippen LogP contribution in [0.15, 0.2) is 18.2 Å². The molecule has 1 aromatic rings. The predicted molar refractivity (Wildman–Crippen MR) is 83.3 cm³/mol. The summed E-state index contributed by atoms with van der Waals surface area (Å²) in [5, 5.41) is 5.52. The molecule has 1 atom stereocenters. The van der Waals surface area contributed by atoms with E-state index in [0.29, 0.717) is 24.3 Å². The molecule has 0 saturated carbocycles. The maximum absolute atomic E-state index is 11.8. The molecule has 1 unspecified atom stereocenters. The second-order valence-corrected chi connectivity index (χ2v) is 4.52. The highest BCUT2D eigenvalue weighted by atomic mass is 35.5. The zero-order valence-electron chi connectivity index (χ0n) is 12.0. The fourth-order valence-electron chi connectivity index (χ4n) is 1.52. The summed E-state index contributed by atoms with van der Waals surface area (Å²) in [7, 11) is 0. The van der Waals surface area contributed by atoms with Crippen LogP contribution >= 0.6 is 12.4 Å². The van der Waals surface area contributed by atoms with Gasteiger partial charge >= 0.3 is 0 Å². The van der Waals surface area contributed by atoms with Gasteiger partial charge in [-0.15, -0.1) is 12.4 Å². The molecule has 0 aliphatic carbocycles. The zero-order valence-corrected chi connectivity index (χ0v) is 12.8. The van der Waals surface area contributed by atoms with Gasteiger partial charge in [0.05, 0.1) is 0 Å². The van der Waals surface area contributed by atoms with Crippen molar-refractivity contribution in [2.75, 3.05) is 18.4 Å². The summed E-state index contributed by atoms with van der Waals surface area (Å²) in [6, 6.07) is 5.23. The smallest absolute Gasteiger partial charge is 0.251 e. The summed E-state index contributed by atoms with van der Waals surface area (Å²) >= 11 is 0. The number of amides is 2. The maximum Gasteiger partial charge on any atom is 0.251 e. The van der Waals surface area contributed by atoms with Crippen molar-refractivity contribution in [1.82, 2.24) is 5.32 Å². The number of anilines is 1. The SMILES string of the molecule is CCNC(=O)c1ccc(C)c(NC(=O)C(C)CN)c1.Cl. The highest BCUT2D eigenvalue weighted by Gasteiger charge is 2.13. The Balaban J connectivity index is 0.00000361. The molecule has 112 valence electrons. The molecule has 0 aromatic heterocycles. The molecule has 20 heavy (non-hydrogen) atoms. The quantitative estimate of drug-likeness (QED) is 0.773. The highest BCUT2D eigenvalue weighted by Crippen LogP contribution is 2.17. The van der Waals surface area contributed by atoms with Crippen molar-refractivity contribution >= 4 is 29.9 Å². The number of nitrogens with one attached hydrogen (secondary N) is 2. The van der Waals surface area contributed by atoms with Gasteiger partial charge in [-0.05, 0) is 31.5 Å². The monoisotopic (exact) mass is 299 g/mol. The van der Waals surface area contributed by atoms with Crippen molar-refractivity contribution in [3.05, 3.63) is 29.3 Å². The Bertz CT molecular complexity index is 477. The van der Waals surface area contributed by atoms with Crippen LogP contribution in [0.3, 0.4) is 0 Å². The van der Waals surface area contributed by atoms with Gasteiger partial charge in [0.1, 0.15) is 0 Å². The Labute approximate surface area is 125 Å². The zero-order chi connectivity index (χ0) is 14.4. The first kappa shape index (κ1) is 18.4. The van der Waals surface area contributed by atoms with E-state index in [1.54, 1.807) is 19.1 Å². The third-order valence-electron chi connectivity index (χ3n) is 2.90. The third-order valence-corrected chi connectivity index (χ3v) is 2.90. The number of hydrogen-bond donors (Lipinski definition) is 3. The normalized spacial score (nSPS) is 11.2. The van der Waals surface area contributed by atoms with Gasteiger partial charge in [0.15, 0.2) is 0 Å². The van der Waals surface area contributed by atoms with E-state index < -0.39 is 0 Å². The van der Waals surface area contributed by atoms with E-state index in [9.17, 15) is 9.59 Å². The van der Waals surface area contributed by atoms with Gasteiger partial charge < -0.3 is 16.4 Å². The number of benzene rings is 1. The summed E-state index contributed by atoms with van der Waals surface area (Å²) in [6.07, 6.45) is 0. The molecule has 1 rings (SSSR count). The van der Waals surface area contributed by atoms with Crippen molar-refractivity contribution in [1.29, 1.82) is 0 Å². The Morgan fingerprint density at radius 3 is 2.55 bits per heavy atom. The topological polar surface area (TPSA) is 84.2 Å². The first-order chi connectivity index (χ1) is 8.99. The van der Waals surface area contributed by atoms with Crippen LogP contribution in [0.4, 0.5) is 5.69 Å². The van der Waals surface area contributed by atoms with Crippen molar-refractivity contribution in [2.24, 2.45) is 11.7 Å². The molecule has 0 radical (unpaired) electrons.